The molecule has 2 aliphatic rings. The van der Waals surface area contributed by atoms with Crippen molar-refractivity contribution in [2.75, 3.05) is 20.1 Å². The second-order valence-electron chi connectivity index (χ2n) is 5.37. The Morgan fingerprint density at radius 2 is 2.11 bits per heavy atom. The van der Waals surface area contributed by atoms with E-state index < -0.39 is 0 Å². The van der Waals surface area contributed by atoms with Crippen LogP contribution in [0.15, 0.2) is 12.3 Å². The number of likely N-dealkylation sites (N-methyl/N-ethyl adjacent to an activating group) is 1. The first kappa shape index (κ1) is 11.7. The van der Waals surface area contributed by atoms with Gasteiger partial charge in [-0.05, 0) is 45.3 Å². The van der Waals surface area contributed by atoms with Crippen molar-refractivity contribution in [2.24, 2.45) is 0 Å². The summed E-state index contributed by atoms with van der Waals surface area (Å²) in [4.78, 5) is 16.9. The molecule has 2 saturated heterocycles. The summed E-state index contributed by atoms with van der Waals surface area (Å²) in [6, 6.07) is 2.68. The minimum atomic E-state index is 0.107. The lowest BCUT2D eigenvalue weighted by Crippen LogP contribution is -2.47. The summed E-state index contributed by atoms with van der Waals surface area (Å²) in [7, 11) is 2.18. The van der Waals surface area contributed by atoms with Crippen LogP contribution < -0.4 is 0 Å². The quantitative estimate of drug-likeness (QED) is 0.853. The maximum absolute atomic E-state index is 12.4. The fraction of sp³-hybridized carbons (Fsp3) is 0.692. The van der Waals surface area contributed by atoms with Gasteiger partial charge in [-0.3, -0.25) is 9.89 Å². The molecular formula is C13H20N4O. The van der Waals surface area contributed by atoms with Gasteiger partial charge in [-0.25, -0.2) is 0 Å². The van der Waals surface area contributed by atoms with E-state index in [0.29, 0.717) is 17.8 Å². The molecule has 2 aliphatic heterocycles. The third-order valence-corrected chi connectivity index (χ3v) is 4.31. The van der Waals surface area contributed by atoms with Gasteiger partial charge >= 0.3 is 0 Å². The molecule has 0 bridgehead atoms. The van der Waals surface area contributed by atoms with Gasteiger partial charge in [0, 0.05) is 24.8 Å². The molecule has 5 heteroatoms. The lowest BCUT2D eigenvalue weighted by Gasteiger charge is -2.33. The Morgan fingerprint density at radius 1 is 1.33 bits per heavy atom. The average molecular weight is 248 g/mol. The van der Waals surface area contributed by atoms with Crippen LogP contribution in [0.1, 0.15) is 36.2 Å². The highest BCUT2D eigenvalue weighted by Crippen LogP contribution is 2.29. The number of hydrogen-bond acceptors (Lipinski definition) is 3. The number of amides is 1. The molecule has 0 aromatic carbocycles. The number of nitrogens with one attached hydrogen (secondary N) is 1. The summed E-state index contributed by atoms with van der Waals surface area (Å²) < 4.78 is 0. The molecule has 18 heavy (non-hydrogen) atoms. The summed E-state index contributed by atoms with van der Waals surface area (Å²) >= 11 is 0. The first-order valence-electron chi connectivity index (χ1n) is 6.78. The van der Waals surface area contributed by atoms with Gasteiger partial charge in [0.2, 0.25) is 0 Å². The molecule has 2 atom stereocenters. The number of hydrogen-bond donors (Lipinski definition) is 1. The van der Waals surface area contributed by atoms with Crippen LogP contribution in [-0.2, 0) is 0 Å². The summed E-state index contributed by atoms with van der Waals surface area (Å²) in [5, 5.41) is 6.65. The monoisotopic (exact) mass is 248 g/mol. The van der Waals surface area contributed by atoms with Crippen LogP contribution in [0.3, 0.4) is 0 Å². The molecule has 3 rings (SSSR count). The molecule has 0 radical (unpaired) electrons. The fourth-order valence-electron chi connectivity index (χ4n) is 3.40. The van der Waals surface area contributed by atoms with Crippen molar-refractivity contribution in [3.8, 4) is 0 Å². The summed E-state index contributed by atoms with van der Waals surface area (Å²) in [5.74, 6) is 0.107. The van der Waals surface area contributed by atoms with Gasteiger partial charge in [-0.15, -0.1) is 0 Å². The minimum absolute atomic E-state index is 0.107. The van der Waals surface area contributed by atoms with Crippen LogP contribution in [0.5, 0.6) is 0 Å². The molecule has 2 fully saturated rings. The van der Waals surface area contributed by atoms with E-state index in [1.54, 1.807) is 12.3 Å². The molecule has 98 valence electrons. The van der Waals surface area contributed by atoms with Gasteiger partial charge < -0.3 is 9.80 Å². The van der Waals surface area contributed by atoms with Gasteiger partial charge in [0.25, 0.3) is 5.91 Å². The summed E-state index contributed by atoms with van der Waals surface area (Å²) in [5.41, 5.74) is 0.613. The van der Waals surface area contributed by atoms with E-state index in [1.165, 1.54) is 12.8 Å². The number of rotatable bonds is 2. The third kappa shape index (κ3) is 1.92. The Kier molecular flexibility index (Phi) is 3.07. The molecule has 1 amide bonds. The first-order chi connectivity index (χ1) is 8.77. The van der Waals surface area contributed by atoms with Gasteiger partial charge in [0.1, 0.15) is 5.69 Å². The van der Waals surface area contributed by atoms with Gasteiger partial charge in [0.05, 0.1) is 0 Å². The molecule has 1 aromatic heterocycles. The molecule has 0 unspecified atom stereocenters. The van der Waals surface area contributed by atoms with E-state index in [0.717, 1.165) is 25.9 Å². The van der Waals surface area contributed by atoms with Crippen molar-refractivity contribution < 1.29 is 4.79 Å². The lowest BCUT2D eigenvalue weighted by molar-refractivity contribution is 0.0658. The smallest absolute Gasteiger partial charge is 0.272 e. The average Bonchev–Trinajstić information content (AvgIpc) is 3.09. The highest BCUT2D eigenvalue weighted by Gasteiger charge is 2.38. The van der Waals surface area contributed by atoms with E-state index >= 15 is 0 Å². The highest BCUT2D eigenvalue weighted by molar-refractivity contribution is 5.92. The van der Waals surface area contributed by atoms with Crippen LogP contribution in [0, 0.1) is 0 Å². The number of likely N-dealkylation sites (tertiary alicyclic amines) is 2. The highest BCUT2D eigenvalue weighted by atomic mass is 16.2. The van der Waals surface area contributed by atoms with E-state index in [4.69, 9.17) is 0 Å². The zero-order valence-electron chi connectivity index (χ0n) is 10.8. The number of aromatic amines is 1. The standard InChI is InChI=1S/C13H20N4O/c1-16-8-2-4-11(16)12-5-3-9-17(12)13(18)10-6-7-14-15-10/h6-7,11-12H,2-5,8-9H2,1H3,(H,14,15)/t11-,12-/m1/s1. The molecule has 0 aliphatic carbocycles. The van der Waals surface area contributed by atoms with Gasteiger partial charge in [0.15, 0.2) is 0 Å². The first-order valence-corrected chi connectivity index (χ1v) is 6.78. The fourth-order valence-corrected chi connectivity index (χ4v) is 3.40. The Morgan fingerprint density at radius 3 is 2.78 bits per heavy atom. The number of carbonyl (C=O) groups is 1. The Labute approximate surface area is 107 Å². The minimum Gasteiger partial charge on any atom is -0.333 e. The van der Waals surface area contributed by atoms with E-state index in [2.05, 4.69) is 22.1 Å². The topological polar surface area (TPSA) is 52.2 Å². The van der Waals surface area contributed by atoms with Crippen molar-refractivity contribution >= 4 is 5.91 Å². The number of carbonyl (C=O) groups excluding carboxylic acids is 1. The van der Waals surface area contributed by atoms with Crippen LogP contribution in [0.2, 0.25) is 0 Å². The third-order valence-electron chi connectivity index (χ3n) is 4.31. The molecule has 1 aromatic rings. The Balaban J connectivity index is 1.77. The Hall–Kier alpha value is -1.36. The molecule has 1 N–H and O–H groups in total. The van der Waals surface area contributed by atoms with Crippen molar-refractivity contribution in [1.29, 1.82) is 0 Å². The summed E-state index contributed by atoms with van der Waals surface area (Å²) in [6.45, 7) is 2.04. The zero-order valence-corrected chi connectivity index (χ0v) is 10.8. The molecule has 0 spiro atoms. The number of H-pyrrole nitrogens is 1. The van der Waals surface area contributed by atoms with Crippen molar-refractivity contribution in [3.05, 3.63) is 18.0 Å². The summed E-state index contributed by atoms with van der Waals surface area (Å²) in [6.07, 6.45) is 6.36. The maximum Gasteiger partial charge on any atom is 0.272 e. The maximum atomic E-state index is 12.4. The number of nitrogens with zero attached hydrogens (tertiary/aromatic N) is 3. The van der Waals surface area contributed by atoms with Crippen LogP contribution in [0.4, 0.5) is 0 Å². The van der Waals surface area contributed by atoms with Crippen LogP contribution in [-0.4, -0.2) is 58.1 Å². The van der Waals surface area contributed by atoms with Crippen molar-refractivity contribution in [2.45, 2.75) is 37.8 Å². The van der Waals surface area contributed by atoms with Gasteiger partial charge in [-0.2, -0.15) is 5.10 Å². The molecule has 5 nitrogen and oxygen atoms in total. The molecule has 3 heterocycles. The second-order valence-corrected chi connectivity index (χ2v) is 5.37. The molecular weight excluding hydrogens is 228 g/mol. The van der Waals surface area contributed by atoms with Crippen LogP contribution in [0.25, 0.3) is 0 Å². The zero-order chi connectivity index (χ0) is 12.5. The van der Waals surface area contributed by atoms with Crippen LogP contribution >= 0.6 is 0 Å². The normalized spacial score (nSPS) is 29.1. The van der Waals surface area contributed by atoms with Crippen molar-refractivity contribution in [3.63, 3.8) is 0 Å². The predicted molar refractivity (Wildman–Crippen MR) is 68.3 cm³/mol. The van der Waals surface area contributed by atoms with E-state index in [1.807, 2.05) is 4.90 Å². The van der Waals surface area contributed by atoms with Crippen molar-refractivity contribution in [1.82, 2.24) is 20.0 Å². The predicted octanol–water partition coefficient (Wildman–Crippen LogP) is 1.11. The second kappa shape index (κ2) is 4.72. The van der Waals surface area contributed by atoms with E-state index in [9.17, 15) is 4.79 Å². The molecule has 0 saturated carbocycles. The Bertz CT molecular complexity index is 417. The van der Waals surface area contributed by atoms with Gasteiger partial charge in [-0.1, -0.05) is 0 Å². The van der Waals surface area contributed by atoms with E-state index in [-0.39, 0.29) is 5.91 Å². The number of aromatic nitrogens is 2. The largest absolute Gasteiger partial charge is 0.333 e. The SMILES string of the molecule is CN1CCC[C@@H]1[C@H]1CCCN1C(=O)c1ccn[nH]1. The lowest BCUT2D eigenvalue weighted by atomic mass is 10.0.